The lowest BCUT2D eigenvalue weighted by molar-refractivity contribution is 0.621. The van der Waals surface area contributed by atoms with Crippen LogP contribution in [0.15, 0.2) is 18.2 Å². The summed E-state index contributed by atoms with van der Waals surface area (Å²) in [6, 6.07) is 5.14. The first-order valence-electron chi connectivity index (χ1n) is 6.75. The number of aryl methyl sites for hydroxylation is 1. The van der Waals surface area contributed by atoms with E-state index in [0.717, 1.165) is 17.7 Å². The highest BCUT2D eigenvalue weighted by Crippen LogP contribution is 2.37. The molecule has 1 heterocycles. The maximum Gasteiger partial charge on any atom is 0.123 e. The van der Waals surface area contributed by atoms with E-state index in [1.54, 1.807) is 6.07 Å². The third-order valence-corrected chi connectivity index (χ3v) is 7.38. The van der Waals surface area contributed by atoms with Crippen molar-refractivity contribution >= 4 is 23.5 Å². The summed E-state index contributed by atoms with van der Waals surface area (Å²) in [7, 11) is 0. The number of rotatable bonds is 3. The van der Waals surface area contributed by atoms with Gasteiger partial charge in [0.1, 0.15) is 5.82 Å². The molecule has 1 aliphatic rings. The average molecular weight is 299 g/mol. The van der Waals surface area contributed by atoms with Crippen LogP contribution in [0.3, 0.4) is 0 Å². The Kier molecular flexibility index (Phi) is 5.21. The Morgan fingerprint density at radius 1 is 1.37 bits per heavy atom. The molecule has 0 aromatic heterocycles. The molecule has 4 heteroatoms. The van der Waals surface area contributed by atoms with Crippen LogP contribution < -0.4 is 5.73 Å². The zero-order valence-corrected chi connectivity index (χ0v) is 13.4. The third-order valence-electron chi connectivity index (χ3n) is 3.81. The number of nitrogens with two attached hydrogens (primary N) is 1. The molecule has 0 radical (unpaired) electrons. The second-order valence-corrected chi connectivity index (χ2v) is 8.39. The van der Waals surface area contributed by atoms with E-state index in [9.17, 15) is 4.39 Å². The second-order valence-electron chi connectivity index (χ2n) is 5.36. The molecule has 2 rings (SSSR count). The van der Waals surface area contributed by atoms with Gasteiger partial charge in [0.25, 0.3) is 0 Å². The smallest absolute Gasteiger partial charge is 0.123 e. The molecule has 0 amide bonds. The molecule has 1 fully saturated rings. The standard InChI is InChI=1S/C15H22FNS2/c1-9-6-13(16)5-4-12(9)7-14(17)15-8-18-10(2)11(3)19-15/h4-6,10-11,14-15H,7-8,17H2,1-3H3. The first kappa shape index (κ1) is 15.2. The predicted molar refractivity (Wildman–Crippen MR) is 85.6 cm³/mol. The summed E-state index contributed by atoms with van der Waals surface area (Å²) in [5, 5.41) is 1.87. The van der Waals surface area contributed by atoms with Gasteiger partial charge in [-0.1, -0.05) is 19.9 Å². The molecule has 0 spiro atoms. The van der Waals surface area contributed by atoms with Gasteiger partial charge in [0, 0.05) is 27.5 Å². The number of hydrogen-bond donors (Lipinski definition) is 1. The normalized spacial score (nSPS) is 29.2. The van der Waals surface area contributed by atoms with Gasteiger partial charge >= 0.3 is 0 Å². The highest BCUT2D eigenvalue weighted by molar-refractivity contribution is 8.07. The number of hydrogen-bond acceptors (Lipinski definition) is 3. The maximum absolute atomic E-state index is 13.1. The van der Waals surface area contributed by atoms with E-state index in [1.165, 1.54) is 11.6 Å². The lowest BCUT2D eigenvalue weighted by Gasteiger charge is -2.34. The maximum atomic E-state index is 13.1. The predicted octanol–water partition coefficient (Wildman–Crippen LogP) is 3.63. The van der Waals surface area contributed by atoms with E-state index in [1.807, 2.05) is 36.5 Å². The molecule has 1 aromatic carbocycles. The SMILES string of the molecule is Cc1cc(F)ccc1CC(N)C1CSC(C)C(C)S1. The molecule has 1 aromatic rings. The van der Waals surface area contributed by atoms with Gasteiger partial charge in [-0.3, -0.25) is 0 Å². The van der Waals surface area contributed by atoms with Crippen molar-refractivity contribution in [3.8, 4) is 0 Å². The third kappa shape index (κ3) is 3.89. The van der Waals surface area contributed by atoms with Crippen molar-refractivity contribution in [3.05, 3.63) is 35.1 Å². The monoisotopic (exact) mass is 299 g/mol. The largest absolute Gasteiger partial charge is 0.326 e. The van der Waals surface area contributed by atoms with Gasteiger partial charge in [-0.05, 0) is 36.6 Å². The summed E-state index contributed by atoms with van der Waals surface area (Å²) in [6.45, 7) is 6.52. The first-order chi connectivity index (χ1) is 8.97. The topological polar surface area (TPSA) is 26.0 Å². The summed E-state index contributed by atoms with van der Waals surface area (Å²) in [5.74, 6) is 0.956. The number of thioether (sulfide) groups is 2. The van der Waals surface area contributed by atoms with Gasteiger partial charge in [0.15, 0.2) is 0 Å². The fourth-order valence-electron chi connectivity index (χ4n) is 2.31. The van der Waals surface area contributed by atoms with Gasteiger partial charge in [-0.2, -0.15) is 23.5 Å². The molecular formula is C15H22FNS2. The van der Waals surface area contributed by atoms with Crippen LogP contribution in [0.4, 0.5) is 4.39 Å². The lowest BCUT2D eigenvalue weighted by atomic mass is 10.00. The quantitative estimate of drug-likeness (QED) is 0.923. The van der Waals surface area contributed by atoms with Crippen LogP contribution in [0.2, 0.25) is 0 Å². The molecule has 0 bridgehead atoms. The molecule has 1 saturated heterocycles. The summed E-state index contributed by atoms with van der Waals surface area (Å²) < 4.78 is 13.1. The van der Waals surface area contributed by atoms with E-state index in [0.29, 0.717) is 15.7 Å². The van der Waals surface area contributed by atoms with Crippen LogP contribution in [0.1, 0.15) is 25.0 Å². The Morgan fingerprint density at radius 3 is 2.74 bits per heavy atom. The molecule has 106 valence electrons. The van der Waals surface area contributed by atoms with Gasteiger partial charge in [-0.15, -0.1) is 0 Å². The van der Waals surface area contributed by atoms with Crippen LogP contribution in [0.25, 0.3) is 0 Å². The minimum Gasteiger partial charge on any atom is -0.326 e. The van der Waals surface area contributed by atoms with Crippen LogP contribution in [0.5, 0.6) is 0 Å². The van der Waals surface area contributed by atoms with E-state index in [-0.39, 0.29) is 11.9 Å². The minimum atomic E-state index is -0.167. The van der Waals surface area contributed by atoms with Crippen molar-refractivity contribution in [2.75, 3.05) is 5.75 Å². The lowest BCUT2D eigenvalue weighted by Crippen LogP contribution is -2.41. The zero-order valence-electron chi connectivity index (χ0n) is 11.7. The molecule has 4 unspecified atom stereocenters. The molecule has 1 nitrogen and oxygen atoms in total. The van der Waals surface area contributed by atoms with Crippen LogP contribution in [-0.2, 0) is 6.42 Å². The van der Waals surface area contributed by atoms with Crippen LogP contribution in [-0.4, -0.2) is 27.5 Å². The molecule has 0 aliphatic carbocycles. The highest BCUT2D eigenvalue weighted by Gasteiger charge is 2.29. The summed E-state index contributed by atoms with van der Waals surface area (Å²) >= 11 is 4.03. The Balaban J connectivity index is 1.99. The number of halogens is 1. The molecule has 0 saturated carbocycles. The van der Waals surface area contributed by atoms with Gasteiger partial charge in [0.05, 0.1) is 0 Å². The van der Waals surface area contributed by atoms with Crippen molar-refractivity contribution in [2.45, 2.75) is 49.0 Å². The zero-order chi connectivity index (χ0) is 14.0. The molecule has 1 aliphatic heterocycles. The van der Waals surface area contributed by atoms with E-state index >= 15 is 0 Å². The van der Waals surface area contributed by atoms with Gasteiger partial charge < -0.3 is 5.73 Å². The number of benzene rings is 1. The van der Waals surface area contributed by atoms with Crippen LogP contribution >= 0.6 is 23.5 Å². The van der Waals surface area contributed by atoms with Crippen molar-refractivity contribution in [2.24, 2.45) is 5.73 Å². The first-order valence-corrected chi connectivity index (χ1v) is 8.74. The fourth-order valence-corrected chi connectivity index (χ4v) is 5.37. The average Bonchev–Trinajstić information content (AvgIpc) is 2.36. The summed E-state index contributed by atoms with van der Waals surface area (Å²) in [6.07, 6.45) is 0.839. The Bertz CT molecular complexity index is 438. The molecule has 2 N–H and O–H groups in total. The van der Waals surface area contributed by atoms with Gasteiger partial charge in [-0.25, -0.2) is 4.39 Å². The molecule has 19 heavy (non-hydrogen) atoms. The summed E-state index contributed by atoms with van der Waals surface area (Å²) in [5.41, 5.74) is 8.54. The second kappa shape index (κ2) is 6.51. The van der Waals surface area contributed by atoms with Crippen molar-refractivity contribution in [1.82, 2.24) is 0 Å². The van der Waals surface area contributed by atoms with E-state index in [2.05, 4.69) is 13.8 Å². The Hall–Kier alpha value is -0.190. The van der Waals surface area contributed by atoms with E-state index < -0.39 is 0 Å². The van der Waals surface area contributed by atoms with Crippen molar-refractivity contribution < 1.29 is 4.39 Å². The minimum absolute atomic E-state index is 0.150. The van der Waals surface area contributed by atoms with E-state index in [4.69, 9.17) is 5.73 Å². The van der Waals surface area contributed by atoms with Crippen molar-refractivity contribution in [1.29, 1.82) is 0 Å². The van der Waals surface area contributed by atoms with Crippen LogP contribution in [0, 0.1) is 12.7 Å². The van der Waals surface area contributed by atoms with Gasteiger partial charge in [0.2, 0.25) is 0 Å². The molecular weight excluding hydrogens is 277 g/mol. The molecule has 4 atom stereocenters. The fraction of sp³-hybridized carbons (Fsp3) is 0.600. The van der Waals surface area contributed by atoms with Crippen molar-refractivity contribution in [3.63, 3.8) is 0 Å². The highest BCUT2D eigenvalue weighted by atomic mass is 32.2. The Morgan fingerprint density at radius 2 is 2.11 bits per heavy atom. The summed E-state index contributed by atoms with van der Waals surface area (Å²) in [4.78, 5) is 0. The Labute approximate surface area is 123 Å².